The summed E-state index contributed by atoms with van der Waals surface area (Å²) in [5.41, 5.74) is 2.15. The lowest BCUT2D eigenvalue weighted by Gasteiger charge is -2.20. The van der Waals surface area contributed by atoms with Crippen LogP contribution in [0.25, 0.3) is 0 Å². The second kappa shape index (κ2) is 8.28. The molecule has 1 aliphatic heterocycles. The molecule has 8 heteroatoms. The van der Waals surface area contributed by atoms with Gasteiger partial charge in [-0.05, 0) is 49.2 Å². The minimum absolute atomic E-state index is 0.0601. The van der Waals surface area contributed by atoms with Crippen molar-refractivity contribution in [2.75, 3.05) is 24.6 Å². The molecule has 0 bridgehead atoms. The van der Waals surface area contributed by atoms with Crippen LogP contribution in [0.15, 0.2) is 42.6 Å². The third-order valence-electron chi connectivity index (χ3n) is 4.25. The van der Waals surface area contributed by atoms with E-state index in [2.05, 4.69) is 19.9 Å². The minimum Gasteiger partial charge on any atom is -0.484 e. The first-order valence-corrected chi connectivity index (χ1v) is 8.69. The number of hydrogen-bond donors (Lipinski definition) is 1. The van der Waals surface area contributed by atoms with Gasteiger partial charge in [-0.3, -0.25) is 9.78 Å². The Morgan fingerprint density at radius 1 is 1.15 bits per heavy atom. The summed E-state index contributed by atoms with van der Waals surface area (Å²) in [6.07, 6.45) is -0.424. The molecule has 144 valence electrons. The zero-order valence-corrected chi connectivity index (χ0v) is 14.6. The molecule has 1 N–H and O–H groups in total. The summed E-state index contributed by atoms with van der Waals surface area (Å²) in [7, 11) is 0. The SMILES string of the molecule is O=C(NCc1ncccc1N1CCCC1)c1ccc(OCC(F)(F)F)cc1. The summed E-state index contributed by atoms with van der Waals surface area (Å²) in [6.45, 7) is 0.868. The van der Waals surface area contributed by atoms with Gasteiger partial charge in [-0.1, -0.05) is 0 Å². The fourth-order valence-corrected chi connectivity index (χ4v) is 2.95. The lowest BCUT2D eigenvalue weighted by molar-refractivity contribution is -0.153. The van der Waals surface area contributed by atoms with Crippen LogP contribution in [0.2, 0.25) is 0 Å². The van der Waals surface area contributed by atoms with Crippen LogP contribution >= 0.6 is 0 Å². The number of carbonyl (C=O) groups is 1. The topological polar surface area (TPSA) is 54.5 Å². The van der Waals surface area contributed by atoms with Gasteiger partial charge in [0.2, 0.25) is 0 Å². The van der Waals surface area contributed by atoms with Gasteiger partial charge in [-0.25, -0.2) is 0 Å². The van der Waals surface area contributed by atoms with Crippen LogP contribution in [-0.4, -0.2) is 36.8 Å². The van der Waals surface area contributed by atoms with E-state index in [0.29, 0.717) is 5.56 Å². The zero-order chi connectivity index (χ0) is 19.3. The van der Waals surface area contributed by atoms with E-state index in [-0.39, 0.29) is 18.2 Å². The van der Waals surface area contributed by atoms with Crippen molar-refractivity contribution in [1.82, 2.24) is 10.3 Å². The number of rotatable bonds is 6. The van der Waals surface area contributed by atoms with Crippen LogP contribution in [0.3, 0.4) is 0 Å². The number of alkyl halides is 3. The lowest BCUT2D eigenvalue weighted by Crippen LogP contribution is -2.26. The normalized spacial score (nSPS) is 14.3. The highest BCUT2D eigenvalue weighted by Gasteiger charge is 2.28. The van der Waals surface area contributed by atoms with Crippen LogP contribution < -0.4 is 15.0 Å². The second-order valence-corrected chi connectivity index (χ2v) is 6.27. The molecule has 3 rings (SSSR count). The van der Waals surface area contributed by atoms with Crippen molar-refractivity contribution in [3.05, 3.63) is 53.9 Å². The first kappa shape index (κ1) is 19.0. The van der Waals surface area contributed by atoms with Crippen LogP contribution in [0.4, 0.5) is 18.9 Å². The molecule has 0 aliphatic carbocycles. The number of amides is 1. The van der Waals surface area contributed by atoms with Crippen molar-refractivity contribution in [2.45, 2.75) is 25.6 Å². The van der Waals surface area contributed by atoms with Gasteiger partial charge < -0.3 is 15.0 Å². The number of pyridine rings is 1. The molecule has 1 aromatic heterocycles. The Hall–Kier alpha value is -2.77. The van der Waals surface area contributed by atoms with E-state index in [9.17, 15) is 18.0 Å². The Labute approximate surface area is 155 Å². The number of hydrogen-bond acceptors (Lipinski definition) is 4. The highest BCUT2D eigenvalue weighted by molar-refractivity contribution is 5.94. The number of aromatic nitrogens is 1. The maximum Gasteiger partial charge on any atom is 0.422 e. The number of anilines is 1. The molecular formula is C19H20F3N3O2. The summed E-state index contributed by atoms with van der Waals surface area (Å²) in [5, 5.41) is 2.81. The summed E-state index contributed by atoms with van der Waals surface area (Å²) in [6, 6.07) is 9.42. The predicted molar refractivity (Wildman–Crippen MR) is 94.8 cm³/mol. The standard InChI is InChI=1S/C19H20F3N3O2/c20-19(21,22)13-27-15-7-5-14(6-8-15)18(26)24-12-16-17(4-3-9-23-16)25-10-1-2-11-25/h3-9H,1-2,10-13H2,(H,24,26). The predicted octanol–water partition coefficient (Wildman–Crippen LogP) is 3.55. The van der Waals surface area contributed by atoms with Crippen molar-refractivity contribution in [2.24, 2.45) is 0 Å². The van der Waals surface area contributed by atoms with E-state index in [1.165, 1.54) is 24.3 Å². The molecule has 0 unspecified atom stereocenters. The quantitative estimate of drug-likeness (QED) is 0.834. The third kappa shape index (κ3) is 5.35. The highest BCUT2D eigenvalue weighted by atomic mass is 19.4. The monoisotopic (exact) mass is 379 g/mol. The van der Waals surface area contributed by atoms with E-state index in [0.717, 1.165) is 37.3 Å². The van der Waals surface area contributed by atoms with Crippen molar-refractivity contribution in [3.8, 4) is 5.75 Å². The molecule has 2 aromatic rings. The van der Waals surface area contributed by atoms with Crippen LogP contribution in [0.5, 0.6) is 5.75 Å². The Balaban J connectivity index is 1.58. The highest BCUT2D eigenvalue weighted by Crippen LogP contribution is 2.23. The molecule has 1 fully saturated rings. The number of halogens is 3. The summed E-state index contributed by atoms with van der Waals surface area (Å²) < 4.78 is 41.1. The third-order valence-corrected chi connectivity index (χ3v) is 4.25. The molecule has 1 amide bonds. The number of ether oxygens (including phenoxy) is 1. The smallest absolute Gasteiger partial charge is 0.422 e. The first-order valence-electron chi connectivity index (χ1n) is 8.69. The van der Waals surface area contributed by atoms with Gasteiger partial charge in [-0.2, -0.15) is 13.2 Å². The Morgan fingerprint density at radius 3 is 2.52 bits per heavy atom. The number of benzene rings is 1. The molecule has 5 nitrogen and oxygen atoms in total. The maximum absolute atomic E-state index is 12.3. The molecule has 0 saturated carbocycles. The average Bonchev–Trinajstić information content (AvgIpc) is 3.19. The van der Waals surface area contributed by atoms with Crippen LogP contribution in [0, 0.1) is 0 Å². The van der Waals surface area contributed by atoms with Crippen LogP contribution in [0.1, 0.15) is 28.9 Å². The summed E-state index contributed by atoms with van der Waals surface area (Å²) >= 11 is 0. The van der Waals surface area contributed by atoms with Gasteiger partial charge >= 0.3 is 6.18 Å². The molecule has 1 saturated heterocycles. The van der Waals surface area contributed by atoms with Gasteiger partial charge in [0.15, 0.2) is 6.61 Å². The molecular weight excluding hydrogens is 359 g/mol. The van der Waals surface area contributed by atoms with E-state index in [1.807, 2.05) is 12.1 Å². The second-order valence-electron chi connectivity index (χ2n) is 6.27. The lowest BCUT2D eigenvalue weighted by atomic mass is 10.2. The molecule has 0 spiro atoms. The zero-order valence-electron chi connectivity index (χ0n) is 14.6. The molecule has 1 aromatic carbocycles. The molecule has 0 radical (unpaired) electrons. The Kier molecular flexibility index (Phi) is 5.83. The van der Waals surface area contributed by atoms with Gasteiger partial charge in [0.1, 0.15) is 5.75 Å². The molecule has 1 aliphatic rings. The fraction of sp³-hybridized carbons (Fsp3) is 0.368. The van der Waals surface area contributed by atoms with Crippen molar-refractivity contribution >= 4 is 11.6 Å². The van der Waals surface area contributed by atoms with Gasteiger partial charge in [-0.15, -0.1) is 0 Å². The van der Waals surface area contributed by atoms with Crippen molar-refractivity contribution in [1.29, 1.82) is 0 Å². The van der Waals surface area contributed by atoms with E-state index >= 15 is 0 Å². The van der Waals surface area contributed by atoms with Crippen LogP contribution in [-0.2, 0) is 6.54 Å². The van der Waals surface area contributed by atoms with Gasteiger partial charge in [0, 0.05) is 24.8 Å². The average molecular weight is 379 g/mol. The molecule has 0 atom stereocenters. The van der Waals surface area contributed by atoms with E-state index in [4.69, 9.17) is 0 Å². The largest absolute Gasteiger partial charge is 0.484 e. The summed E-state index contributed by atoms with van der Waals surface area (Å²) in [5.74, 6) is -0.264. The van der Waals surface area contributed by atoms with Crippen molar-refractivity contribution < 1.29 is 22.7 Å². The number of nitrogens with one attached hydrogen (secondary N) is 1. The van der Waals surface area contributed by atoms with Gasteiger partial charge in [0.25, 0.3) is 5.91 Å². The summed E-state index contributed by atoms with van der Waals surface area (Å²) in [4.78, 5) is 18.9. The molecule has 27 heavy (non-hydrogen) atoms. The van der Waals surface area contributed by atoms with E-state index in [1.54, 1.807) is 6.20 Å². The van der Waals surface area contributed by atoms with Crippen molar-refractivity contribution in [3.63, 3.8) is 0 Å². The number of carbonyl (C=O) groups excluding carboxylic acids is 1. The minimum atomic E-state index is -4.40. The Morgan fingerprint density at radius 2 is 1.85 bits per heavy atom. The van der Waals surface area contributed by atoms with E-state index < -0.39 is 12.8 Å². The fourth-order valence-electron chi connectivity index (χ4n) is 2.95. The van der Waals surface area contributed by atoms with Gasteiger partial charge in [0.05, 0.1) is 17.9 Å². The number of nitrogens with zero attached hydrogens (tertiary/aromatic N) is 2. The first-order chi connectivity index (χ1) is 12.9. The Bertz CT molecular complexity index is 773. The molecule has 2 heterocycles. The maximum atomic E-state index is 12.3.